The van der Waals surface area contributed by atoms with E-state index in [-0.39, 0.29) is 18.1 Å². The molecule has 140 valence electrons. The van der Waals surface area contributed by atoms with Gasteiger partial charge in [-0.25, -0.2) is 0 Å². The summed E-state index contributed by atoms with van der Waals surface area (Å²) in [4.78, 5) is 0. The third-order valence-electron chi connectivity index (χ3n) is 4.98. The number of nitrogens with one attached hydrogen (secondary N) is 1. The first kappa shape index (κ1) is 19.0. The summed E-state index contributed by atoms with van der Waals surface area (Å²) in [6.45, 7) is 0.321. The van der Waals surface area contributed by atoms with Crippen molar-refractivity contribution in [2.45, 2.75) is 38.0 Å². The number of hydrogen-bond acceptors (Lipinski definition) is 3. The largest absolute Gasteiger partial charge is 0.393 e. The van der Waals surface area contributed by atoms with Crippen LogP contribution in [0.3, 0.4) is 0 Å². The van der Waals surface area contributed by atoms with Gasteiger partial charge in [0.15, 0.2) is 0 Å². The lowest BCUT2D eigenvalue weighted by Crippen LogP contribution is -2.51. The molecular formula is C20H26N2O3S. The minimum absolute atomic E-state index is 0.158. The van der Waals surface area contributed by atoms with Gasteiger partial charge in [-0.1, -0.05) is 60.7 Å². The molecule has 2 N–H and O–H groups in total. The average molecular weight is 375 g/mol. The Labute approximate surface area is 155 Å². The lowest BCUT2D eigenvalue weighted by molar-refractivity contribution is 0.0281. The van der Waals surface area contributed by atoms with Gasteiger partial charge >= 0.3 is 0 Å². The van der Waals surface area contributed by atoms with Crippen molar-refractivity contribution in [2.24, 2.45) is 5.92 Å². The Morgan fingerprint density at radius 3 is 2.12 bits per heavy atom. The SMILES string of the molecule is CN(Cc1ccccc1)S(=O)(=O)N[C@H](Cc1ccccc1)C1CC(O)C1. The molecule has 1 aliphatic carbocycles. The van der Waals surface area contributed by atoms with Crippen molar-refractivity contribution >= 4 is 10.2 Å². The number of aliphatic hydroxyl groups excluding tert-OH is 1. The van der Waals surface area contributed by atoms with Crippen LogP contribution in [0.25, 0.3) is 0 Å². The highest BCUT2D eigenvalue weighted by molar-refractivity contribution is 7.87. The van der Waals surface area contributed by atoms with Crippen LogP contribution in [0.15, 0.2) is 60.7 Å². The van der Waals surface area contributed by atoms with Crippen molar-refractivity contribution in [3.8, 4) is 0 Å². The van der Waals surface area contributed by atoms with Gasteiger partial charge in [-0.05, 0) is 36.3 Å². The van der Waals surface area contributed by atoms with Crippen LogP contribution in [0.2, 0.25) is 0 Å². The van der Waals surface area contributed by atoms with Crippen LogP contribution in [0.4, 0.5) is 0 Å². The second kappa shape index (κ2) is 8.31. The molecule has 26 heavy (non-hydrogen) atoms. The lowest BCUT2D eigenvalue weighted by Gasteiger charge is -2.38. The van der Waals surface area contributed by atoms with Crippen LogP contribution < -0.4 is 4.72 Å². The maximum absolute atomic E-state index is 12.8. The van der Waals surface area contributed by atoms with E-state index >= 15 is 0 Å². The highest BCUT2D eigenvalue weighted by Crippen LogP contribution is 2.32. The molecule has 6 heteroatoms. The summed E-state index contributed by atoms with van der Waals surface area (Å²) in [7, 11) is -2.03. The standard InChI is InChI=1S/C20H26N2O3S/c1-22(15-17-10-6-3-7-11-17)26(24,25)21-20(18-13-19(23)14-18)12-16-8-4-2-5-9-16/h2-11,18-21,23H,12-15H2,1H3/t18?,19?,20-/m1/s1. The first-order chi connectivity index (χ1) is 12.4. The van der Waals surface area contributed by atoms with Crippen molar-refractivity contribution < 1.29 is 13.5 Å². The zero-order valence-corrected chi connectivity index (χ0v) is 15.8. The van der Waals surface area contributed by atoms with E-state index in [1.165, 1.54) is 4.31 Å². The van der Waals surface area contributed by atoms with Crippen LogP contribution in [0, 0.1) is 5.92 Å². The number of benzene rings is 2. The molecule has 0 bridgehead atoms. The summed E-state index contributed by atoms with van der Waals surface area (Å²) < 4.78 is 29.8. The summed E-state index contributed by atoms with van der Waals surface area (Å²) in [6, 6.07) is 19.2. The smallest absolute Gasteiger partial charge is 0.279 e. The molecular weight excluding hydrogens is 348 g/mol. The van der Waals surface area contributed by atoms with Gasteiger partial charge in [0.25, 0.3) is 10.2 Å². The Morgan fingerprint density at radius 2 is 1.58 bits per heavy atom. The normalized spacial score (nSPS) is 21.3. The molecule has 0 saturated heterocycles. The molecule has 5 nitrogen and oxygen atoms in total. The molecule has 1 aliphatic rings. The summed E-state index contributed by atoms with van der Waals surface area (Å²) in [6.07, 6.45) is 1.59. The highest BCUT2D eigenvalue weighted by atomic mass is 32.2. The molecule has 0 unspecified atom stereocenters. The van der Waals surface area contributed by atoms with Crippen LogP contribution in [0.1, 0.15) is 24.0 Å². The van der Waals surface area contributed by atoms with Gasteiger partial charge in [-0.2, -0.15) is 17.4 Å². The van der Waals surface area contributed by atoms with E-state index in [0.717, 1.165) is 11.1 Å². The van der Waals surface area contributed by atoms with Gasteiger partial charge in [-0.3, -0.25) is 0 Å². The van der Waals surface area contributed by atoms with Crippen LogP contribution >= 0.6 is 0 Å². The molecule has 0 heterocycles. The molecule has 1 atom stereocenters. The van der Waals surface area contributed by atoms with Crippen molar-refractivity contribution in [2.75, 3.05) is 7.05 Å². The predicted molar refractivity (Wildman–Crippen MR) is 103 cm³/mol. The topological polar surface area (TPSA) is 69.6 Å². The molecule has 2 aromatic rings. The van der Waals surface area contributed by atoms with Crippen molar-refractivity contribution in [3.63, 3.8) is 0 Å². The zero-order valence-electron chi connectivity index (χ0n) is 15.0. The average Bonchev–Trinajstić information content (AvgIpc) is 2.60. The Bertz CT molecular complexity index is 790. The van der Waals surface area contributed by atoms with Gasteiger partial charge in [0.2, 0.25) is 0 Å². The Morgan fingerprint density at radius 1 is 1.04 bits per heavy atom. The molecule has 0 aliphatic heterocycles. The Kier molecular flexibility index (Phi) is 6.09. The monoisotopic (exact) mass is 374 g/mol. The van der Waals surface area contributed by atoms with Crippen LogP contribution in [-0.2, 0) is 23.2 Å². The van der Waals surface area contributed by atoms with Crippen molar-refractivity contribution in [3.05, 3.63) is 71.8 Å². The van der Waals surface area contributed by atoms with Gasteiger partial charge in [0.1, 0.15) is 0 Å². The van der Waals surface area contributed by atoms with E-state index in [0.29, 0.717) is 25.8 Å². The maximum Gasteiger partial charge on any atom is 0.279 e. The van der Waals surface area contributed by atoms with Gasteiger partial charge in [-0.15, -0.1) is 0 Å². The molecule has 0 spiro atoms. The number of hydrogen-bond donors (Lipinski definition) is 2. The second-order valence-corrected chi connectivity index (χ2v) is 8.86. The Hall–Kier alpha value is -1.73. The molecule has 2 aromatic carbocycles. The molecule has 0 radical (unpaired) electrons. The zero-order chi connectivity index (χ0) is 18.6. The van der Waals surface area contributed by atoms with E-state index in [9.17, 15) is 13.5 Å². The summed E-state index contributed by atoms with van der Waals surface area (Å²) in [5, 5.41) is 9.65. The van der Waals surface area contributed by atoms with E-state index in [2.05, 4.69) is 4.72 Å². The van der Waals surface area contributed by atoms with Crippen molar-refractivity contribution in [1.82, 2.24) is 9.03 Å². The number of rotatable bonds is 8. The minimum Gasteiger partial charge on any atom is -0.393 e. The van der Waals surface area contributed by atoms with Crippen molar-refractivity contribution in [1.29, 1.82) is 0 Å². The molecule has 3 rings (SSSR count). The summed E-state index contributed by atoms with van der Waals surface area (Å²) >= 11 is 0. The molecule has 0 aromatic heterocycles. The minimum atomic E-state index is -3.61. The van der Waals surface area contributed by atoms with Gasteiger partial charge < -0.3 is 5.11 Å². The third kappa shape index (κ3) is 4.92. The first-order valence-corrected chi connectivity index (χ1v) is 10.4. The van der Waals surface area contributed by atoms with E-state index in [4.69, 9.17) is 0 Å². The highest BCUT2D eigenvalue weighted by Gasteiger charge is 2.36. The lowest BCUT2D eigenvalue weighted by atomic mass is 9.76. The number of aliphatic hydroxyl groups is 1. The molecule has 0 amide bonds. The molecule has 1 saturated carbocycles. The van der Waals surface area contributed by atoms with E-state index in [1.807, 2.05) is 60.7 Å². The van der Waals surface area contributed by atoms with Gasteiger partial charge in [0.05, 0.1) is 6.10 Å². The summed E-state index contributed by atoms with van der Waals surface area (Å²) in [5.41, 5.74) is 2.03. The maximum atomic E-state index is 12.8. The van der Waals surface area contributed by atoms with E-state index in [1.54, 1.807) is 7.05 Å². The fraction of sp³-hybridized carbons (Fsp3) is 0.400. The Balaban J connectivity index is 1.70. The quantitative estimate of drug-likeness (QED) is 0.745. The van der Waals surface area contributed by atoms with E-state index < -0.39 is 10.2 Å². The number of nitrogens with zero attached hydrogens (tertiary/aromatic N) is 1. The summed E-state index contributed by atoms with van der Waals surface area (Å²) in [5.74, 6) is 0.158. The first-order valence-electron chi connectivity index (χ1n) is 8.93. The molecule has 1 fully saturated rings. The van der Waals surface area contributed by atoms with Gasteiger partial charge in [0, 0.05) is 19.6 Å². The van der Waals surface area contributed by atoms with Crippen LogP contribution in [0.5, 0.6) is 0 Å². The predicted octanol–water partition coefficient (Wildman–Crippen LogP) is 2.33. The fourth-order valence-corrected chi connectivity index (χ4v) is 4.50. The van der Waals surface area contributed by atoms with Crippen LogP contribution in [-0.4, -0.2) is 37.0 Å². The second-order valence-electron chi connectivity index (χ2n) is 7.05. The third-order valence-corrected chi connectivity index (χ3v) is 6.53. The fourth-order valence-electron chi connectivity index (χ4n) is 3.34.